The molecule has 0 aromatic carbocycles. The number of hydroxylamine groups is 1. The molecule has 1 aliphatic carbocycles. The third-order valence-corrected chi connectivity index (χ3v) is 2.67. The van der Waals surface area contributed by atoms with E-state index in [2.05, 4.69) is 5.73 Å². The van der Waals surface area contributed by atoms with E-state index in [1.807, 2.05) is 0 Å². The molecule has 1 saturated carbocycles. The Kier molecular flexibility index (Phi) is 8.52. The number of nitrogens with one attached hydrogen (secondary N) is 1. The Bertz CT molecular complexity index is 213. The van der Waals surface area contributed by atoms with Crippen LogP contribution in [0.1, 0.15) is 51.9 Å². The first-order valence-electron chi connectivity index (χ1n) is 5.81. The van der Waals surface area contributed by atoms with Crippen molar-refractivity contribution in [1.29, 1.82) is 0 Å². The van der Waals surface area contributed by atoms with Gasteiger partial charge in [-0.15, -0.1) is 0 Å². The summed E-state index contributed by atoms with van der Waals surface area (Å²) in [7, 11) is 0. The molecule has 1 fully saturated rings. The number of hydrogen-bond acceptors (Lipinski definition) is 3. The molecule has 1 rings (SSSR count). The van der Waals surface area contributed by atoms with Gasteiger partial charge in [0.1, 0.15) is 0 Å². The minimum Gasteiger partial charge on any atom is -0.370 e. The van der Waals surface area contributed by atoms with Crippen molar-refractivity contribution in [2.24, 2.45) is 11.7 Å². The highest BCUT2D eigenvalue weighted by atomic mass is 16.5. The smallest absolute Gasteiger partial charge is 0.243 e. The summed E-state index contributed by atoms with van der Waals surface area (Å²) in [5, 5.41) is 8.27. The van der Waals surface area contributed by atoms with Crippen molar-refractivity contribution in [2.75, 3.05) is 0 Å². The molecular weight excluding hydrogens is 208 g/mol. The lowest BCUT2D eigenvalue weighted by Gasteiger charge is -2.19. The number of rotatable bonds is 3. The van der Waals surface area contributed by atoms with Gasteiger partial charge < -0.3 is 5.73 Å². The second-order valence-corrected chi connectivity index (χ2v) is 4.06. The minimum atomic E-state index is -0.245. The molecule has 0 bridgehead atoms. The van der Waals surface area contributed by atoms with Crippen LogP contribution in [-0.4, -0.2) is 17.0 Å². The van der Waals surface area contributed by atoms with Crippen LogP contribution >= 0.6 is 0 Å². The van der Waals surface area contributed by atoms with Gasteiger partial charge in [0.2, 0.25) is 11.8 Å². The normalized spacial score (nSPS) is 15.9. The number of carbonyl (C=O) groups is 2. The summed E-state index contributed by atoms with van der Waals surface area (Å²) in [6.07, 6.45) is 7.02. The highest BCUT2D eigenvalue weighted by Gasteiger charge is 2.16. The zero-order valence-corrected chi connectivity index (χ0v) is 9.87. The summed E-state index contributed by atoms with van der Waals surface area (Å²) in [6.45, 7) is 1.72. The standard InChI is InChI=1S/C8H15NO2.C3H7NO/c10-8(9-11)6-7-4-2-1-3-5-7;1-2-3(4)5/h7,11H,1-6H2,(H,9,10);2H2,1H3,(H2,4,5). The van der Waals surface area contributed by atoms with Gasteiger partial charge in [-0.25, -0.2) is 5.48 Å². The zero-order chi connectivity index (χ0) is 12.4. The van der Waals surface area contributed by atoms with E-state index in [0.717, 1.165) is 12.8 Å². The second-order valence-electron chi connectivity index (χ2n) is 4.06. The Labute approximate surface area is 96.3 Å². The van der Waals surface area contributed by atoms with Gasteiger partial charge in [-0.1, -0.05) is 26.2 Å². The molecule has 4 N–H and O–H groups in total. The van der Waals surface area contributed by atoms with Crippen LogP contribution in [0.5, 0.6) is 0 Å². The van der Waals surface area contributed by atoms with Crippen molar-refractivity contribution >= 4 is 11.8 Å². The van der Waals surface area contributed by atoms with Crippen LogP contribution in [-0.2, 0) is 9.59 Å². The van der Waals surface area contributed by atoms with E-state index in [0.29, 0.717) is 18.8 Å². The SMILES string of the molecule is CCC(N)=O.O=C(CC1CCCCC1)NO. The van der Waals surface area contributed by atoms with Crippen LogP contribution in [0.15, 0.2) is 0 Å². The fourth-order valence-corrected chi connectivity index (χ4v) is 1.70. The molecule has 0 aliphatic heterocycles. The average molecular weight is 230 g/mol. The van der Waals surface area contributed by atoms with Gasteiger partial charge in [0.05, 0.1) is 0 Å². The van der Waals surface area contributed by atoms with Crippen LogP contribution < -0.4 is 11.2 Å². The molecule has 0 unspecified atom stereocenters. The Balaban J connectivity index is 0.000000385. The van der Waals surface area contributed by atoms with Crippen LogP contribution in [0.3, 0.4) is 0 Å². The van der Waals surface area contributed by atoms with E-state index in [9.17, 15) is 9.59 Å². The first-order valence-corrected chi connectivity index (χ1v) is 5.81. The van der Waals surface area contributed by atoms with Gasteiger partial charge in [0.15, 0.2) is 0 Å². The Morgan fingerprint density at radius 2 is 1.81 bits per heavy atom. The van der Waals surface area contributed by atoms with Crippen molar-refractivity contribution in [3.05, 3.63) is 0 Å². The highest BCUT2D eigenvalue weighted by molar-refractivity contribution is 5.74. The van der Waals surface area contributed by atoms with Crippen LogP contribution in [0, 0.1) is 5.92 Å². The maximum absolute atomic E-state index is 10.7. The Hall–Kier alpha value is -1.10. The number of amides is 2. The molecule has 16 heavy (non-hydrogen) atoms. The molecule has 0 heterocycles. The molecule has 0 atom stereocenters. The monoisotopic (exact) mass is 230 g/mol. The van der Waals surface area contributed by atoms with Gasteiger partial charge in [-0.05, 0) is 18.8 Å². The number of nitrogens with two attached hydrogens (primary N) is 1. The molecule has 94 valence electrons. The van der Waals surface area contributed by atoms with Crippen molar-refractivity contribution < 1.29 is 14.8 Å². The van der Waals surface area contributed by atoms with E-state index < -0.39 is 0 Å². The molecule has 0 aromatic rings. The Morgan fingerprint density at radius 3 is 2.19 bits per heavy atom. The van der Waals surface area contributed by atoms with Crippen LogP contribution in [0.4, 0.5) is 0 Å². The summed E-state index contributed by atoms with van der Waals surface area (Å²) in [5.74, 6) is 0.0257. The predicted molar refractivity (Wildman–Crippen MR) is 60.6 cm³/mol. The fourth-order valence-electron chi connectivity index (χ4n) is 1.70. The van der Waals surface area contributed by atoms with Crippen LogP contribution in [0.25, 0.3) is 0 Å². The fraction of sp³-hybridized carbons (Fsp3) is 0.818. The maximum atomic E-state index is 10.7. The maximum Gasteiger partial charge on any atom is 0.243 e. The molecule has 0 aromatic heterocycles. The molecule has 1 aliphatic rings. The molecule has 0 saturated heterocycles. The Morgan fingerprint density at radius 1 is 1.31 bits per heavy atom. The third kappa shape index (κ3) is 8.23. The lowest BCUT2D eigenvalue weighted by Crippen LogP contribution is -2.22. The summed E-state index contributed by atoms with van der Waals surface area (Å²) >= 11 is 0. The molecular formula is C11H22N2O3. The van der Waals surface area contributed by atoms with E-state index in [4.69, 9.17) is 5.21 Å². The minimum absolute atomic E-state index is 0.239. The van der Waals surface area contributed by atoms with Crippen molar-refractivity contribution in [3.63, 3.8) is 0 Å². The number of hydrogen-bond donors (Lipinski definition) is 3. The zero-order valence-electron chi connectivity index (χ0n) is 9.87. The summed E-state index contributed by atoms with van der Waals surface area (Å²) in [6, 6.07) is 0. The lowest BCUT2D eigenvalue weighted by atomic mass is 9.87. The quantitative estimate of drug-likeness (QED) is 0.504. The summed E-state index contributed by atoms with van der Waals surface area (Å²) < 4.78 is 0. The van der Waals surface area contributed by atoms with E-state index in [1.54, 1.807) is 12.4 Å². The summed E-state index contributed by atoms with van der Waals surface area (Å²) in [5.41, 5.74) is 6.33. The molecule has 5 nitrogen and oxygen atoms in total. The van der Waals surface area contributed by atoms with E-state index in [1.165, 1.54) is 19.3 Å². The van der Waals surface area contributed by atoms with Gasteiger partial charge in [0, 0.05) is 12.8 Å². The van der Waals surface area contributed by atoms with Crippen molar-refractivity contribution in [2.45, 2.75) is 51.9 Å². The van der Waals surface area contributed by atoms with Gasteiger partial charge in [-0.3, -0.25) is 14.8 Å². The van der Waals surface area contributed by atoms with Crippen molar-refractivity contribution in [3.8, 4) is 0 Å². The average Bonchev–Trinajstić information content (AvgIpc) is 2.31. The van der Waals surface area contributed by atoms with Crippen molar-refractivity contribution in [1.82, 2.24) is 5.48 Å². The van der Waals surface area contributed by atoms with Gasteiger partial charge in [-0.2, -0.15) is 0 Å². The predicted octanol–water partition coefficient (Wildman–Crippen LogP) is 1.34. The van der Waals surface area contributed by atoms with Gasteiger partial charge >= 0.3 is 0 Å². The lowest BCUT2D eigenvalue weighted by molar-refractivity contribution is -0.130. The molecule has 2 amide bonds. The molecule has 5 heteroatoms. The first-order chi connectivity index (χ1) is 7.60. The van der Waals surface area contributed by atoms with Crippen LogP contribution in [0.2, 0.25) is 0 Å². The van der Waals surface area contributed by atoms with E-state index >= 15 is 0 Å². The van der Waals surface area contributed by atoms with Gasteiger partial charge in [0.25, 0.3) is 0 Å². The number of carbonyl (C=O) groups excluding carboxylic acids is 2. The van der Waals surface area contributed by atoms with E-state index in [-0.39, 0.29) is 11.8 Å². The largest absolute Gasteiger partial charge is 0.370 e. The molecule has 0 radical (unpaired) electrons. The third-order valence-electron chi connectivity index (χ3n) is 2.67. The summed E-state index contributed by atoms with van der Waals surface area (Å²) in [4.78, 5) is 20.3. The topological polar surface area (TPSA) is 92.4 Å². The highest BCUT2D eigenvalue weighted by Crippen LogP contribution is 2.25. The number of primary amides is 1. The molecule has 0 spiro atoms. The first kappa shape index (κ1) is 14.9. The second kappa shape index (κ2) is 9.15.